The highest BCUT2D eigenvalue weighted by Gasteiger charge is 2.22. The number of aliphatic imine (C=N–C) groups is 1. The first kappa shape index (κ1) is 18.2. The number of rotatable bonds is 5. The molecule has 0 aliphatic heterocycles. The Morgan fingerprint density at radius 1 is 1.33 bits per heavy atom. The van der Waals surface area contributed by atoms with Crippen LogP contribution in [0.25, 0.3) is 0 Å². The number of hydrogen-bond acceptors (Lipinski definition) is 4. The second-order valence-electron chi connectivity index (χ2n) is 6.29. The molecule has 1 saturated carbocycles. The fourth-order valence-electron chi connectivity index (χ4n) is 1.68. The van der Waals surface area contributed by atoms with Crippen LogP contribution in [0.1, 0.15) is 52.3 Å². The fourth-order valence-corrected chi connectivity index (χ4v) is 1.68. The third kappa shape index (κ3) is 6.19. The lowest BCUT2D eigenvalue weighted by Crippen LogP contribution is -2.38. The predicted octanol–water partition coefficient (Wildman–Crippen LogP) is 2.45. The zero-order valence-electron chi connectivity index (χ0n) is 13.3. The summed E-state index contributed by atoms with van der Waals surface area (Å²) in [6.45, 7) is 10.5. The van der Waals surface area contributed by atoms with E-state index in [9.17, 15) is 0 Å². The molecule has 7 heteroatoms. The van der Waals surface area contributed by atoms with Gasteiger partial charge in [-0.25, -0.2) is 4.99 Å². The van der Waals surface area contributed by atoms with Gasteiger partial charge in [-0.3, -0.25) is 0 Å². The molecule has 0 unspecified atom stereocenters. The minimum absolute atomic E-state index is 0. The number of aromatic nitrogens is 2. The van der Waals surface area contributed by atoms with Crippen LogP contribution in [-0.2, 0) is 12.0 Å². The Balaban J connectivity index is 0.00000220. The molecule has 0 bridgehead atoms. The van der Waals surface area contributed by atoms with E-state index in [4.69, 9.17) is 4.52 Å². The van der Waals surface area contributed by atoms with Crippen molar-refractivity contribution in [3.63, 3.8) is 0 Å². The maximum atomic E-state index is 5.26. The molecule has 0 spiro atoms. The molecule has 120 valence electrons. The van der Waals surface area contributed by atoms with E-state index in [-0.39, 0.29) is 29.4 Å². The van der Waals surface area contributed by atoms with E-state index in [2.05, 4.69) is 53.5 Å². The summed E-state index contributed by atoms with van der Waals surface area (Å²) in [6.07, 6.45) is 2.65. The molecule has 0 radical (unpaired) electrons. The van der Waals surface area contributed by atoms with Gasteiger partial charge in [-0.1, -0.05) is 25.9 Å². The van der Waals surface area contributed by atoms with Crippen molar-refractivity contribution in [2.45, 2.75) is 52.5 Å². The third-order valence-corrected chi connectivity index (χ3v) is 3.09. The summed E-state index contributed by atoms with van der Waals surface area (Å²) in [7, 11) is 0. The Labute approximate surface area is 143 Å². The van der Waals surface area contributed by atoms with Gasteiger partial charge in [0.05, 0.1) is 0 Å². The van der Waals surface area contributed by atoms with Gasteiger partial charge in [0.2, 0.25) is 5.89 Å². The molecule has 1 aliphatic rings. The quantitative estimate of drug-likeness (QED) is 0.446. The summed E-state index contributed by atoms with van der Waals surface area (Å²) in [4.78, 5) is 8.87. The highest BCUT2D eigenvalue weighted by Crippen LogP contribution is 2.27. The molecule has 1 aromatic rings. The standard InChI is InChI=1S/C14H25N5O.HI/c1-5-15-13(16-8-10-6-7-10)17-9-11-18-12(20-19-11)14(2,3)4;/h10H,5-9H2,1-4H3,(H2,15,16,17);1H. The molecule has 1 heterocycles. The topological polar surface area (TPSA) is 75.3 Å². The third-order valence-electron chi connectivity index (χ3n) is 3.09. The van der Waals surface area contributed by atoms with Crippen molar-refractivity contribution in [1.29, 1.82) is 0 Å². The maximum absolute atomic E-state index is 5.26. The van der Waals surface area contributed by atoms with E-state index in [1.807, 2.05) is 0 Å². The lowest BCUT2D eigenvalue weighted by Gasteiger charge is -2.10. The van der Waals surface area contributed by atoms with Gasteiger partial charge in [0.25, 0.3) is 0 Å². The molecule has 6 nitrogen and oxygen atoms in total. The van der Waals surface area contributed by atoms with Gasteiger partial charge in [0, 0.05) is 18.5 Å². The highest BCUT2D eigenvalue weighted by atomic mass is 127. The van der Waals surface area contributed by atoms with Crippen LogP contribution in [0, 0.1) is 5.92 Å². The SMILES string of the molecule is CCNC(=NCc1noc(C(C)(C)C)n1)NCC1CC1.I. The number of guanidine groups is 1. The van der Waals surface area contributed by atoms with E-state index in [1.54, 1.807) is 0 Å². The van der Waals surface area contributed by atoms with Gasteiger partial charge in [0.15, 0.2) is 11.8 Å². The second-order valence-corrected chi connectivity index (χ2v) is 6.29. The van der Waals surface area contributed by atoms with Crippen LogP contribution in [0.5, 0.6) is 0 Å². The Bertz CT molecular complexity index is 462. The van der Waals surface area contributed by atoms with Crippen LogP contribution in [-0.4, -0.2) is 29.2 Å². The molecule has 0 atom stereocenters. The smallest absolute Gasteiger partial charge is 0.232 e. The number of nitrogens with one attached hydrogen (secondary N) is 2. The first-order chi connectivity index (χ1) is 9.49. The summed E-state index contributed by atoms with van der Waals surface area (Å²) in [5.41, 5.74) is -0.121. The van der Waals surface area contributed by atoms with Crippen LogP contribution in [0.4, 0.5) is 0 Å². The maximum Gasteiger partial charge on any atom is 0.232 e. The van der Waals surface area contributed by atoms with Crippen molar-refractivity contribution >= 4 is 29.9 Å². The van der Waals surface area contributed by atoms with Crippen LogP contribution >= 0.6 is 24.0 Å². The average molecular weight is 407 g/mol. The molecule has 2 N–H and O–H groups in total. The summed E-state index contributed by atoms with van der Waals surface area (Å²) in [6, 6.07) is 0. The minimum atomic E-state index is -0.121. The van der Waals surface area contributed by atoms with E-state index >= 15 is 0 Å². The zero-order chi connectivity index (χ0) is 14.6. The van der Waals surface area contributed by atoms with Crippen LogP contribution in [0.3, 0.4) is 0 Å². The Kier molecular flexibility index (Phi) is 6.89. The Morgan fingerprint density at radius 3 is 2.57 bits per heavy atom. The van der Waals surface area contributed by atoms with E-state index in [0.717, 1.165) is 25.0 Å². The monoisotopic (exact) mass is 407 g/mol. The van der Waals surface area contributed by atoms with Gasteiger partial charge in [0.1, 0.15) is 6.54 Å². The summed E-state index contributed by atoms with van der Waals surface area (Å²) >= 11 is 0. The largest absolute Gasteiger partial charge is 0.357 e. The van der Waals surface area contributed by atoms with Crippen LogP contribution < -0.4 is 10.6 Å². The molecule has 1 fully saturated rings. The molecule has 1 aliphatic carbocycles. The van der Waals surface area contributed by atoms with Crippen LogP contribution in [0.15, 0.2) is 9.52 Å². The zero-order valence-corrected chi connectivity index (χ0v) is 15.6. The van der Waals surface area contributed by atoms with Crippen molar-refractivity contribution in [2.24, 2.45) is 10.9 Å². The Hall–Kier alpha value is -0.860. The predicted molar refractivity (Wildman–Crippen MR) is 94.0 cm³/mol. The van der Waals surface area contributed by atoms with Crippen molar-refractivity contribution in [2.75, 3.05) is 13.1 Å². The van der Waals surface area contributed by atoms with Crippen LogP contribution in [0.2, 0.25) is 0 Å². The summed E-state index contributed by atoms with van der Waals surface area (Å²) in [5, 5.41) is 10.5. The molecule has 21 heavy (non-hydrogen) atoms. The van der Waals surface area contributed by atoms with E-state index in [1.165, 1.54) is 12.8 Å². The summed E-state index contributed by atoms with van der Waals surface area (Å²) < 4.78 is 5.26. The normalized spacial score (nSPS) is 15.5. The van der Waals surface area contributed by atoms with Crippen molar-refractivity contribution in [3.05, 3.63) is 11.7 Å². The van der Waals surface area contributed by atoms with Gasteiger partial charge in [-0.15, -0.1) is 24.0 Å². The van der Waals surface area contributed by atoms with Gasteiger partial charge in [-0.2, -0.15) is 4.98 Å². The minimum Gasteiger partial charge on any atom is -0.357 e. The van der Waals surface area contributed by atoms with Crippen molar-refractivity contribution in [1.82, 2.24) is 20.8 Å². The summed E-state index contributed by atoms with van der Waals surface area (Å²) in [5.74, 6) is 2.91. The average Bonchev–Trinajstić information content (AvgIpc) is 3.07. The van der Waals surface area contributed by atoms with Gasteiger partial charge in [-0.05, 0) is 25.7 Å². The highest BCUT2D eigenvalue weighted by molar-refractivity contribution is 14.0. The molecule has 1 aromatic heterocycles. The first-order valence-electron chi connectivity index (χ1n) is 7.34. The number of hydrogen-bond donors (Lipinski definition) is 2. The van der Waals surface area contributed by atoms with Gasteiger partial charge < -0.3 is 15.2 Å². The molecular formula is C14H26IN5O. The van der Waals surface area contributed by atoms with Crippen molar-refractivity contribution in [3.8, 4) is 0 Å². The molecule has 0 amide bonds. The molecule has 0 aromatic carbocycles. The van der Waals surface area contributed by atoms with E-state index < -0.39 is 0 Å². The molecule has 2 rings (SSSR count). The lowest BCUT2D eigenvalue weighted by atomic mass is 9.97. The molecular weight excluding hydrogens is 381 g/mol. The van der Waals surface area contributed by atoms with Gasteiger partial charge >= 0.3 is 0 Å². The van der Waals surface area contributed by atoms with E-state index in [0.29, 0.717) is 18.3 Å². The fraction of sp³-hybridized carbons (Fsp3) is 0.786. The lowest BCUT2D eigenvalue weighted by molar-refractivity contribution is 0.318. The number of halogens is 1. The number of nitrogens with zero attached hydrogens (tertiary/aromatic N) is 3. The van der Waals surface area contributed by atoms with Crippen molar-refractivity contribution < 1.29 is 4.52 Å². The second kappa shape index (κ2) is 7.95. The molecule has 0 saturated heterocycles. The Morgan fingerprint density at radius 2 is 2.05 bits per heavy atom. The first-order valence-corrected chi connectivity index (χ1v) is 7.34.